The van der Waals surface area contributed by atoms with E-state index in [0.29, 0.717) is 0 Å². The van der Waals surface area contributed by atoms with Crippen LogP contribution in [-0.2, 0) is 4.79 Å². The van der Waals surface area contributed by atoms with Gasteiger partial charge in [0.25, 0.3) is 0 Å². The Morgan fingerprint density at radius 1 is 1.33 bits per heavy atom. The van der Waals surface area contributed by atoms with Crippen LogP contribution in [0.2, 0.25) is 0 Å². The molecule has 21 heavy (non-hydrogen) atoms. The lowest BCUT2D eigenvalue weighted by atomic mass is 9.77. The van der Waals surface area contributed by atoms with Crippen LogP contribution in [0.4, 0.5) is 0 Å². The Kier molecular flexibility index (Phi) is 4.07. The number of nitrogens with zero attached hydrogens (tertiary/aromatic N) is 1. The lowest BCUT2D eigenvalue weighted by Gasteiger charge is -2.38. The molecule has 4 heteroatoms. The van der Waals surface area contributed by atoms with Gasteiger partial charge in [-0.05, 0) is 51.2 Å². The van der Waals surface area contributed by atoms with Gasteiger partial charge in [0.05, 0.1) is 18.1 Å². The molecule has 1 saturated carbocycles. The van der Waals surface area contributed by atoms with Crippen LogP contribution in [-0.4, -0.2) is 28.1 Å². The molecule has 1 saturated heterocycles. The lowest BCUT2D eigenvalue weighted by Crippen LogP contribution is -2.44. The number of carbonyl (C=O) groups is 1. The van der Waals surface area contributed by atoms with Crippen molar-refractivity contribution in [2.24, 2.45) is 0 Å². The van der Waals surface area contributed by atoms with Crippen molar-refractivity contribution in [3.63, 3.8) is 0 Å². The maximum absolute atomic E-state index is 12.7. The molecule has 2 fully saturated rings. The highest BCUT2D eigenvalue weighted by molar-refractivity contribution is 5.78. The molecule has 0 bridgehead atoms. The smallest absolute Gasteiger partial charge is 0.226 e. The molecule has 1 aromatic heterocycles. The number of amides is 1. The van der Waals surface area contributed by atoms with E-state index in [-0.39, 0.29) is 18.4 Å². The number of aryl methyl sites for hydroxylation is 1. The van der Waals surface area contributed by atoms with Crippen molar-refractivity contribution in [1.29, 1.82) is 0 Å². The number of rotatable bonds is 3. The molecule has 0 aromatic carbocycles. The van der Waals surface area contributed by atoms with Gasteiger partial charge in [0.15, 0.2) is 0 Å². The summed E-state index contributed by atoms with van der Waals surface area (Å²) >= 11 is 0. The summed E-state index contributed by atoms with van der Waals surface area (Å²) in [5, 5.41) is 10.3. The van der Waals surface area contributed by atoms with Crippen molar-refractivity contribution in [2.75, 3.05) is 6.54 Å². The average molecular weight is 291 g/mol. The van der Waals surface area contributed by atoms with Crippen LogP contribution in [0.25, 0.3) is 0 Å². The number of furan rings is 1. The topological polar surface area (TPSA) is 53.7 Å². The Morgan fingerprint density at radius 3 is 2.76 bits per heavy atom. The van der Waals surface area contributed by atoms with Gasteiger partial charge >= 0.3 is 0 Å². The van der Waals surface area contributed by atoms with Gasteiger partial charge in [0, 0.05) is 6.54 Å². The zero-order valence-corrected chi connectivity index (χ0v) is 12.8. The third-order valence-electron chi connectivity index (χ3n) is 4.93. The number of aliphatic hydroxyl groups is 1. The summed E-state index contributed by atoms with van der Waals surface area (Å²) in [6.07, 6.45) is 7.10. The van der Waals surface area contributed by atoms with Gasteiger partial charge < -0.3 is 14.4 Å². The minimum Gasteiger partial charge on any atom is -0.464 e. The molecule has 1 atom stereocenters. The summed E-state index contributed by atoms with van der Waals surface area (Å²) in [5.74, 6) is 1.86. The largest absolute Gasteiger partial charge is 0.464 e. The predicted octanol–water partition coefficient (Wildman–Crippen LogP) is 3.34. The number of hydrogen-bond donors (Lipinski definition) is 1. The number of hydrogen-bond acceptors (Lipinski definition) is 3. The van der Waals surface area contributed by atoms with E-state index in [9.17, 15) is 9.90 Å². The zero-order chi connectivity index (χ0) is 14.9. The van der Waals surface area contributed by atoms with Gasteiger partial charge in [0.1, 0.15) is 11.5 Å². The molecule has 1 unspecified atom stereocenters. The Morgan fingerprint density at radius 2 is 2.14 bits per heavy atom. The van der Waals surface area contributed by atoms with Crippen molar-refractivity contribution in [2.45, 2.75) is 69.9 Å². The van der Waals surface area contributed by atoms with E-state index >= 15 is 0 Å². The van der Waals surface area contributed by atoms with Crippen LogP contribution in [0.15, 0.2) is 16.5 Å². The first kappa shape index (κ1) is 14.6. The van der Waals surface area contributed by atoms with E-state index < -0.39 is 5.60 Å². The summed E-state index contributed by atoms with van der Waals surface area (Å²) < 4.78 is 5.77. The normalized spacial score (nSPS) is 25.2. The first-order chi connectivity index (χ1) is 10.1. The van der Waals surface area contributed by atoms with Crippen molar-refractivity contribution < 1.29 is 14.3 Å². The van der Waals surface area contributed by atoms with Crippen molar-refractivity contribution in [3.05, 3.63) is 23.7 Å². The highest BCUT2D eigenvalue weighted by Crippen LogP contribution is 2.37. The Labute approximate surface area is 126 Å². The van der Waals surface area contributed by atoms with E-state index in [2.05, 4.69) is 0 Å². The Hall–Kier alpha value is -1.29. The fraction of sp³-hybridized carbons (Fsp3) is 0.706. The molecule has 116 valence electrons. The quantitative estimate of drug-likeness (QED) is 0.929. The molecular weight excluding hydrogens is 266 g/mol. The first-order valence-corrected chi connectivity index (χ1v) is 8.16. The van der Waals surface area contributed by atoms with E-state index in [1.54, 1.807) is 0 Å². The second-order valence-corrected chi connectivity index (χ2v) is 6.66. The Bertz CT molecular complexity index is 504. The van der Waals surface area contributed by atoms with Crippen LogP contribution in [0, 0.1) is 6.92 Å². The molecule has 1 N–H and O–H groups in total. The second-order valence-electron chi connectivity index (χ2n) is 6.66. The SMILES string of the molecule is Cc1ccc(C2CCCCCN2C(=O)CC2(O)CCC2)o1. The number of carbonyl (C=O) groups excluding carboxylic acids is 1. The van der Waals surface area contributed by atoms with E-state index in [1.165, 1.54) is 0 Å². The van der Waals surface area contributed by atoms with Crippen molar-refractivity contribution in [3.8, 4) is 0 Å². The summed E-state index contributed by atoms with van der Waals surface area (Å²) in [5.41, 5.74) is -0.743. The fourth-order valence-corrected chi connectivity index (χ4v) is 3.48. The summed E-state index contributed by atoms with van der Waals surface area (Å²) in [6, 6.07) is 3.99. The second kappa shape index (κ2) is 5.84. The highest BCUT2D eigenvalue weighted by atomic mass is 16.3. The maximum Gasteiger partial charge on any atom is 0.226 e. The maximum atomic E-state index is 12.7. The standard InChI is InChI=1S/C17H25NO3/c1-13-7-8-15(21-13)14-6-3-2-4-11-18(14)16(19)12-17(20)9-5-10-17/h7-8,14,20H,2-6,9-12H2,1H3. The van der Waals surface area contributed by atoms with Gasteiger partial charge in [0.2, 0.25) is 5.91 Å². The van der Waals surface area contributed by atoms with Crippen LogP contribution in [0.1, 0.15) is 68.9 Å². The van der Waals surface area contributed by atoms with Gasteiger partial charge in [-0.15, -0.1) is 0 Å². The van der Waals surface area contributed by atoms with Crippen LogP contribution in [0.5, 0.6) is 0 Å². The lowest BCUT2D eigenvalue weighted by molar-refractivity contribution is -0.143. The van der Waals surface area contributed by atoms with Gasteiger partial charge in [-0.3, -0.25) is 4.79 Å². The molecule has 2 heterocycles. The van der Waals surface area contributed by atoms with Crippen molar-refractivity contribution in [1.82, 2.24) is 4.90 Å². The first-order valence-electron chi connectivity index (χ1n) is 8.16. The van der Waals surface area contributed by atoms with Crippen LogP contribution in [0.3, 0.4) is 0 Å². The minimum absolute atomic E-state index is 0.0392. The monoisotopic (exact) mass is 291 g/mol. The van der Waals surface area contributed by atoms with E-state index in [1.807, 2.05) is 24.0 Å². The molecule has 1 aromatic rings. The molecule has 0 radical (unpaired) electrons. The molecule has 3 rings (SSSR count). The molecule has 1 aliphatic carbocycles. The van der Waals surface area contributed by atoms with Gasteiger partial charge in [-0.2, -0.15) is 0 Å². The third-order valence-corrected chi connectivity index (χ3v) is 4.93. The molecule has 0 spiro atoms. The van der Waals surface area contributed by atoms with E-state index in [4.69, 9.17) is 4.42 Å². The predicted molar refractivity (Wildman–Crippen MR) is 79.8 cm³/mol. The summed E-state index contributed by atoms with van der Waals surface area (Å²) in [4.78, 5) is 14.6. The fourth-order valence-electron chi connectivity index (χ4n) is 3.48. The number of likely N-dealkylation sites (tertiary alicyclic amines) is 1. The summed E-state index contributed by atoms with van der Waals surface area (Å²) in [7, 11) is 0. The van der Waals surface area contributed by atoms with Crippen LogP contribution >= 0.6 is 0 Å². The molecule has 1 aliphatic heterocycles. The van der Waals surface area contributed by atoms with Crippen molar-refractivity contribution >= 4 is 5.91 Å². The van der Waals surface area contributed by atoms with Gasteiger partial charge in [-0.1, -0.05) is 12.8 Å². The van der Waals surface area contributed by atoms with Crippen LogP contribution < -0.4 is 0 Å². The third kappa shape index (κ3) is 3.15. The Balaban J connectivity index is 1.76. The zero-order valence-electron chi connectivity index (χ0n) is 12.8. The minimum atomic E-state index is -0.743. The van der Waals surface area contributed by atoms with E-state index in [0.717, 1.165) is 63.0 Å². The molecule has 1 amide bonds. The summed E-state index contributed by atoms with van der Waals surface area (Å²) in [6.45, 7) is 2.71. The molecule has 2 aliphatic rings. The molecule has 4 nitrogen and oxygen atoms in total. The molecular formula is C17H25NO3. The highest BCUT2D eigenvalue weighted by Gasteiger charge is 2.39. The average Bonchev–Trinajstić information content (AvgIpc) is 2.71. The van der Waals surface area contributed by atoms with Gasteiger partial charge in [-0.25, -0.2) is 0 Å².